The van der Waals surface area contributed by atoms with Crippen LogP contribution in [0.3, 0.4) is 0 Å². The molecule has 0 aliphatic heterocycles. The maximum Gasteiger partial charge on any atom is 0.164 e. The maximum atomic E-state index is 9.46. The second-order valence-corrected chi connectivity index (χ2v) is 18.5. The summed E-state index contributed by atoms with van der Waals surface area (Å²) < 4.78 is 0. The van der Waals surface area contributed by atoms with Crippen molar-refractivity contribution in [2.75, 3.05) is 0 Å². The van der Waals surface area contributed by atoms with Gasteiger partial charge in [-0.15, -0.1) is 0 Å². The Morgan fingerprint density at radius 1 is 0.348 bits per heavy atom. The van der Waals surface area contributed by atoms with E-state index in [9.17, 15) is 5.26 Å². The van der Waals surface area contributed by atoms with Crippen molar-refractivity contribution in [1.82, 2.24) is 19.9 Å². The van der Waals surface area contributed by atoms with E-state index in [1.165, 1.54) is 38.4 Å². The van der Waals surface area contributed by atoms with Crippen molar-refractivity contribution < 1.29 is 0 Å². The summed E-state index contributed by atoms with van der Waals surface area (Å²) in [6.45, 7) is 4.60. The Hall–Kier alpha value is -9.11. The molecule has 0 bridgehead atoms. The molecule has 12 aromatic rings. The van der Waals surface area contributed by atoms with Crippen molar-refractivity contribution in [2.45, 2.75) is 19.3 Å². The van der Waals surface area contributed by atoms with Crippen LogP contribution in [0.25, 0.3) is 122 Å². The molecule has 1 aliphatic carbocycles. The lowest BCUT2D eigenvalue weighted by Crippen LogP contribution is -2.15. The largest absolute Gasteiger partial charge is 0.256 e. The molecule has 0 atom stereocenters. The van der Waals surface area contributed by atoms with Crippen molar-refractivity contribution in [2.24, 2.45) is 0 Å². The summed E-state index contributed by atoms with van der Waals surface area (Å²) in [4.78, 5) is 20.6. The van der Waals surface area contributed by atoms with Crippen LogP contribution in [0.2, 0.25) is 0 Å². The minimum atomic E-state index is -0.161. The summed E-state index contributed by atoms with van der Waals surface area (Å²) >= 11 is 0. The van der Waals surface area contributed by atoms with Gasteiger partial charge in [-0.1, -0.05) is 178 Å². The van der Waals surface area contributed by atoms with Crippen LogP contribution in [0.15, 0.2) is 212 Å². The Labute approximate surface area is 399 Å². The zero-order chi connectivity index (χ0) is 46.2. The standard InChI is InChI=1S/C64H41N5/c1-64(2)58-24-11-10-22-51(58)52-30-29-44(35-59(52)64)63-68-61(41-14-4-3-5-15-41)67-62(69-63)43-17-12-16-42(34-43)54-36-56-49-21-9-8-20-48(49)55(37-57(56)53-23-13-33-66-60(53)54)50-32-31-45(46-18-6-7-19-47(46)50)40-27-25-39(38-65)26-28-40/h3-37H,1-2H3. The van der Waals surface area contributed by atoms with Gasteiger partial charge >= 0.3 is 0 Å². The Kier molecular flexibility index (Phi) is 9.18. The van der Waals surface area contributed by atoms with Crippen molar-refractivity contribution in [3.8, 4) is 84.7 Å². The number of nitrogens with zero attached hydrogens (tertiary/aromatic N) is 5. The highest BCUT2D eigenvalue weighted by Gasteiger charge is 2.35. The summed E-state index contributed by atoms with van der Waals surface area (Å²) in [7, 11) is 0. The molecule has 0 saturated carbocycles. The molecule has 13 rings (SSSR count). The van der Waals surface area contributed by atoms with Gasteiger partial charge in [0.05, 0.1) is 17.1 Å². The van der Waals surface area contributed by atoms with E-state index in [2.05, 4.69) is 178 Å². The fourth-order valence-corrected chi connectivity index (χ4v) is 10.8. The second-order valence-electron chi connectivity index (χ2n) is 18.5. The monoisotopic (exact) mass is 879 g/mol. The first kappa shape index (κ1) is 40.2. The third-order valence-electron chi connectivity index (χ3n) is 14.2. The van der Waals surface area contributed by atoms with Crippen LogP contribution in [0.4, 0.5) is 0 Å². The highest BCUT2D eigenvalue weighted by atomic mass is 15.0. The van der Waals surface area contributed by atoms with Gasteiger partial charge in [0, 0.05) is 39.3 Å². The van der Waals surface area contributed by atoms with E-state index in [0.717, 1.165) is 77.1 Å². The zero-order valence-electron chi connectivity index (χ0n) is 37.9. The number of nitriles is 1. The molecule has 322 valence electrons. The first-order valence-electron chi connectivity index (χ1n) is 23.3. The summed E-state index contributed by atoms with van der Waals surface area (Å²) in [5.74, 6) is 1.87. The normalized spacial score (nSPS) is 12.6. The Bertz CT molecular complexity index is 4110. The number of aromatic nitrogens is 4. The van der Waals surface area contributed by atoms with Gasteiger partial charge in [-0.3, -0.25) is 4.98 Å². The Balaban J connectivity index is 0.965. The van der Waals surface area contributed by atoms with Crippen LogP contribution in [-0.2, 0) is 5.41 Å². The van der Waals surface area contributed by atoms with Gasteiger partial charge in [-0.05, 0) is 125 Å². The number of pyridine rings is 1. The number of benzene rings is 10. The van der Waals surface area contributed by atoms with E-state index >= 15 is 0 Å². The highest BCUT2D eigenvalue weighted by Crippen LogP contribution is 2.50. The molecule has 5 heteroatoms. The van der Waals surface area contributed by atoms with E-state index in [0.29, 0.717) is 23.0 Å². The molecule has 69 heavy (non-hydrogen) atoms. The van der Waals surface area contributed by atoms with Crippen molar-refractivity contribution in [3.63, 3.8) is 0 Å². The van der Waals surface area contributed by atoms with Gasteiger partial charge < -0.3 is 0 Å². The predicted molar refractivity (Wildman–Crippen MR) is 283 cm³/mol. The SMILES string of the molecule is CC1(C)c2ccccc2-c2ccc(-c3nc(-c4ccccc4)nc(-c4cccc(-c5cc6c7ccccc7c(-c7ccc(-c8ccc(C#N)cc8)c8ccccc78)cc6c6cccnc56)c4)n3)cc21. The first-order chi connectivity index (χ1) is 33.9. The third-order valence-corrected chi connectivity index (χ3v) is 14.2. The summed E-state index contributed by atoms with van der Waals surface area (Å²) in [6.07, 6.45) is 1.89. The molecular weight excluding hydrogens is 839 g/mol. The highest BCUT2D eigenvalue weighted by molar-refractivity contribution is 6.24. The maximum absolute atomic E-state index is 9.46. The van der Waals surface area contributed by atoms with Crippen LogP contribution < -0.4 is 0 Å². The fraction of sp³-hybridized carbons (Fsp3) is 0.0469. The summed E-state index contributed by atoms with van der Waals surface area (Å²) in [6, 6.07) is 75.0. The molecule has 10 aromatic carbocycles. The molecule has 0 saturated heterocycles. The van der Waals surface area contributed by atoms with Gasteiger partial charge in [0.25, 0.3) is 0 Å². The predicted octanol–water partition coefficient (Wildman–Crippen LogP) is 16.1. The van der Waals surface area contributed by atoms with E-state index in [1.807, 2.05) is 54.7 Å². The number of hydrogen-bond acceptors (Lipinski definition) is 5. The van der Waals surface area contributed by atoms with Crippen molar-refractivity contribution in [1.29, 1.82) is 5.26 Å². The molecule has 0 radical (unpaired) electrons. The van der Waals surface area contributed by atoms with E-state index in [-0.39, 0.29) is 5.41 Å². The minimum absolute atomic E-state index is 0.161. The molecule has 0 amide bonds. The quantitative estimate of drug-likeness (QED) is 0.156. The zero-order valence-corrected chi connectivity index (χ0v) is 37.9. The van der Waals surface area contributed by atoms with E-state index in [1.54, 1.807) is 0 Å². The fourth-order valence-electron chi connectivity index (χ4n) is 10.8. The molecule has 0 spiro atoms. The van der Waals surface area contributed by atoms with Gasteiger partial charge in [0.2, 0.25) is 0 Å². The lowest BCUT2D eigenvalue weighted by molar-refractivity contribution is 0.660. The Morgan fingerprint density at radius 2 is 0.884 bits per heavy atom. The second kappa shape index (κ2) is 15.8. The first-order valence-corrected chi connectivity index (χ1v) is 23.3. The molecule has 1 aliphatic rings. The molecule has 0 unspecified atom stereocenters. The summed E-state index contributed by atoms with van der Waals surface area (Å²) in [5.41, 5.74) is 15.9. The number of hydrogen-bond donors (Lipinski definition) is 0. The van der Waals surface area contributed by atoms with Crippen LogP contribution in [0, 0.1) is 11.3 Å². The van der Waals surface area contributed by atoms with Crippen molar-refractivity contribution >= 4 is 43.2 Å². The van der Waals surface area contributed by atoms with Crippen LogP contribution >= 0.6 is 0 Å². The van der Waals surface area contributed by atoms with Crippen LogP contribution in [0.5, 0.6) is 0 Å². The number of fused-ring (bicyclic) bond motifs is 9. The molecular formula is C64H41N5. The van der Waals surface area contributed by atoms with Crippen LogP contribution in [0.1, 0.15) is 30.5 Å². The average Bonchev–Trinajstić information content (AvgIpc) is 3.65. The third kappa shape index (κ3) is 6.53. The van der Waals surface area contributed by atoms with E-state index in [4.69, 9.17) is 19.9 Å². The lowest BCUT2D eigenvalue weighted by atomic mass is 9.82. The Morgan fingerprint density at radius 3 is 1.65 bits per heavy atom. The smallest absolute Gasteiger partial charge is 0.164 e. The molecule has 2 aromatic heterocycles. The van der Waals surface area contributed by atoms with Gasteiger partial charge in [0.15, 0.2) is 17.5 Å². The molecule has 5 nitrogen and oxygen atoms in total. The minimum Gasteiger partial charge on any atom is -0.256 e. The molecule has 2 heterocycles. The number of rotatable bonds is 6. The molecule has 0 fully saturated rings. The lowest BCUT2D eigenvalue weighted by Gasteiger charge is -2.21. The van der Waals surface area contributed by atoms with Gasteiger partial charge in [-0.25, -0.2) is 15.0 Å². The topological polar surface area (TPSA) is 75.3 Å². The average molecular weight is 880 g/mol. The van der Waals surface area contributed by atoms with E-state index < -0.39 is 0 Å². The van der Waals surface area contributed by atoms with Gasteiger partial charge in [0.1, 0.15) is 0 Å². The summed E-state index contributed by atoms with van der Waals surface area (Å²) in [5, 5.41) is 17.5. The van der Waals surface area contributed by atoms with Crippen LogP contribution in [-0.4, -0.2) is 19.9 Å². The van der Waals surface area contributed by atoms with Gasteiger partial charge in [-0.2, -0.15) is 5.26 Å². The van der Waals surface area contributed by atoms with Crippen molar-refractivity contribution in [3.05, 3.63) is 229 Å². The molecule has 0 N–H and O–H groups in total.